The maximum Gasteiger partial charge on any atom is 0.325 e. The van der Waals surface area contributed by atoms with Gasteiger partial charge in [0.15, 0.2) is 0 Å². The summed E-state index contributed by atoms with van der Waals surface area (Å²) in [7, 11) is 0. The summed E-state index contributed by atoms with van der Waals surface area (Å²) in [6.07, 6.45) is 2.48. The summed E-state index contributed by atoms with van der Waals surface area (Å²) < 4.78 is 1.19. The summed E-state index contributed by atoms with van der Waals surface area (Å²) in [5.41, 5.74) is 2.62. The number of aromatic nitrogens is 3. The van der Waals surface area contributed by atoms with E-state index in [1.54, 1.807) is 18.2 Å². The molecule has 0 spiro atoms. The molecule has 0 atom stereocenters. The van der Waals surface area contributed by atoms with Crippen molar-refractivity contribution in [1.29, 1.82) is 0 Å². The van der Waals surface area contributed by atoms with Gasteiger partial charge in [-0.1, -0.05) is 5.21 Å². The second kappa shape index (κ2) is 6.49. The lowest BCUT2D eigenvalue weighted by molar-refractivity contribution is -0.137. The summed E-state index contributed by atoms with van der Waals surface area (Å²) in [5, 5.41) is 21.6. The lowest BCUT2D eigenvalue weighted by atomic mass is 10.00. The number of aliphatic carboxylic acids is 1. The topological polar surface area (TPSA) is 126 Å². The molecule has 1 aromatic carbocycles. The zero-order valence-corrected chi connectivity index (χ0v) is 12.7. The minimum absolute atomic E-state index is 0.0239. The van der Waals surface area contributed by atoms with Gasteiger partial charge in [-0.15, -0.1) is 5.10 Å². The molecule has 0 fully saturated rings. The molecule has 0 aliphatic carbocycles. The highest BCUT2D eigenvalue weighted by molar-refractivity contribution is 5.97. The number of carboxylic acid groups (broad SMARTS) is 1. The number of amides is 2. The number of anilines is 1. The molecular weight excluding hydrogens is 314 g/mol. The lowest BCUT2D eigenvalue weighted by Crippen LogP contribution is -2.24. The van der Waals surface area contributed by atoms with E-state index in [4.69, 9.17) is 5.11 Å². The largest absolute Gasteiger partial charge is 0.480 e. The Hall–Kier alpha value is -3.23. The molecule has 2 heterocycles. The summed E-state index contributed by atoms with van der Waals surface area (Å²) in [5.74, 6) is -1.32. The van der Waals surface area contributed by atoms with Gasteiger partial charge in [-0.05, 0) is 30.2 Å². The number of carboxylic acids is 1. The number of aryl methyl sites for hydroxylation is 1. The van der Waals surface area contributed by atoms with Crippen LogP contribution in [0.5, 0.6) is 0 Å². The van der Waals surface area contributed by atoms with Crippen molar-refractivity contribution in [2.24, 2.45) is 0 Å². The number of nitrogens with zero attached hydrogens (tertiary/aromatic N) is 3. The Kier molecular flexibility index (Phi) is 4.23. The molecule has 3 N–H and O–H groups in total. The summed E-state index contributed by atoms with van der Waals surface area (Å²) in [6, 6.07) is 5.11. The first kappa shape index (κ1) is 15.7. The molecule has 9 nitrogen and oxygen atoms in total. The van der Waals surface area contributed by atoms with Crippen LogP contribution in [0.25, 0.3) is 0 Å². The Labute approximate surface area is 136 Å². The predicted octanol–water partition coefficient (Wildman–Crippen LogP) is 0.177. The van der Waals surface area contributed by atoms with Gasteiger partial charge in [-0.3, -0.25) is 14.4 Å². The zero-order valence-electron chi connectivity index (χ0n) is 12.7. The number of nitrogens with one attached hydrogen (secondary N) is 2. The van der Waals surface area contributed by atoms with E-state index in [0.717, 1.165) is 11.3 Å². The van der Waals surface area contributed by atoms with Gasteiger partial charge < -0.3 is 15.7 Å². The first-order valence-corrected chi connectivity index (χ1v) is 7.33. The van der Waals surface area contributed by atoms with Gasteiger partial charge in [-0.2, -0.15) is 0 Å². The van der Waals surface area contributed by atoms with Crippen molar-refractivity contribution in [3.63, 3.8) is 0 Å². The Morgan fingerprint density at radius 3 is 2.96 bits per heavy atom. The fourth-order valence-electron chi connectivity index (χ4n) is 2.43. The van der Waals surface area contributed by atoms with Crippen molar-refractivity contribution in [2.45, 2.75) is 25.9 Å². The smallest absolute Gasteiger partial charge is 0.325 e. The van der Waals surface area contributed by atoms with Crippen LogP contribution in [0, 0.1) is 0 Å². The minimum atomic E-state index is -1.02. The molecule has 0 saturated carbocycles. The maximum atomic E-state index is 12.2. The molecule has 0 saturated heterocycles. The van der Waals surface area contributed by atoms with Crippen LogP contribution in [0.4, 0.5) is 5.69 Å². The summed E-state index contributed by atoms with van der Waals surface area (Å²) >= 11 is 0. The van der Waals surface area contributed by atoms with Gasteiger partial charge in [0.05, 0.1) is 12.7 Å². The van der Waals surface area contributed by atoms with E-state index in [-0.39, 0.29) is 24.9 Å². The quantitative estimate of drug-likeness (QED) is 0.718. The van der Waals surface area contributed by atoms with Crippen LogP contribution in [-0.2, 0) is 29.1 Å². The fraction of sp³-hybridized carbons (Fsp3) is 0.267. The SMILES string of the molecule is O=C(O)Cn1cc(CNC(=O)c2ccc3c(c2)CCC(=O)N3)nn1. The number of hydrogen-bond donors (Lipinski definition) is 3. The highest BCUT2D eigenvalue weighted by atomic mass is 16.4. The maximum absolute atomic E-state index is 12.2. The number of fused-ring (bicyclic) bond motifs is 1. The molecule has 2 aromatic rings. The van der Waals surface area contributed by atoms with E-state index < -0.39 is 5.97 Å². The second-order valence-electron chi connectivity index (χ2n) is 5.40. The third-order valence-electron chi connectivity index (χ3n) is 3.58. The first-order chi connectivity index (χ1) is 11.5. The second-order valence-corrected chi connectivity index (χ2v) is 5.40. The number of hydrogen-bond acceptors (Lipinski definition) is 5. The Bertz CT molecular complexity index is 814. The molecule has 1 aliphatic heterocycles. The summed E-state index contributed by atoms with van der Waals surface area (Å²) in [6.45, 7) is -0.135. The van der Waals surface area contributed by atoms with Gasteiger partial charge in [0.1, 0.15) is 12.2 Å². The van der Waals surface area contributed by atoms with Gasteiger partial charge in [0.2, 0.25) is 5.91 Å². The molecule has 1 aliphatic rings. The molecular formula is C15H15N5O4. The van der Waals surface area contributed by atoms with E-state index in [1.165, 1.54) is 10.9 Å². The van der Waals surface area contributed by atoms with Crippen LogP contribution in [0.1, 0.15) is 28.0 Å². The van der Waals surface area contributed by atoms with Gasteiger partial charge in [0.25, 0.3) is 5.91 Å². The van der Waals surface area contributed by atoms with Crippen molar-refractivity contribution in [3.05, 3.63) is 41.2 Å². The predicted molar refractivity (Wildman–Crippen MR) is 82.2 cm³/mol. The lowest BCUT2D eigenvalue weighted by Gasteiger charge is -2.17. The van der Waals surface area contributed by atoms with Crippen LogP contribution in [0.15, 0.2) is 24.4 Å². The monoisotopic (exact) mass is 329 g/mol. The van der Waals surface area contributed by atoms with Crippen LogP contribution in [0.3, 0.4) is 0 Å². The number of carbonyl (C=O) groups excluding carboxylic acids is 2. The first-order valence-electron chi connectivity index (χ1n) is 7.33. The van der Waals surface area contributed by atoms with Crippen molar-refractivity contribution in [1.82, 2.24) is 20.3 Å². The molecule has 9 heteroatoms. The molecule has 0 radical (unpaired) electrons. The third-order valence-corrected chi connectivity index (χ3v) is 3.58. The Morgan fingerprint density at radius 1 is 1.33 bits per heavy atom. The zero-order chi connectivity index (χ0) is 17.1. The number of rotatable bonds is 5. The normalized spacial score (nSPS) is 13.1. The van der Waals surface area contributed by atoms with Crippen molar-refractivity contribution in [2.75, 3.05) is 5.32 Å². The van der Waals surface area contributed by atoms with E-state index >= 15 is 0 Å². The van der Waals surface area contributed by atoms with Crippen LogP contribution in [-0.4, -0.2) is 37.9 Å². The van der Waals surface area contributed by atoms with Gasteiger partial charge in [-0.25, -0.2) is 4.68 Å². The highest BCUT2D eigenvalue weighted by Gasteiger charge is 2.16. The highest BCUT2D eigenvalue weighted by Crippen LogP contribution is 2.23. The van der Waals surface area contributed by atoms with E-state index in [0.29, 0.717) is 24.1 Å². The molecule has 1 aromatic heterocycles. The van der Waals surface area contributed by atoms with Gasteiger partial charge >= 0.3 is 5.97 Å². The Balaban J connectivity index is 1.62. The van der Waals surface area contributed by atoms with Crippen LogP contribution < -0.4 is 10.6 Å². The van der Waals surface area contributed by atoms with Crippen molar-refractivity contribution >= 4 is 23.5 Å². The standard InChI is InChI=1S/C15H15N5O4/c21-13-4-2-9-5-10(1-3-12(9)17-13)15(24)16-6-11-7-20(19-18-11)8-14(22)23/h1,3,5,7H,2,4,6,8H2,(H,16,24)(H,17,21)(H,22,23). The average molecular weight is 329 g/mol. The van der Waals surface area contributed by atoms with Crippen molar-refractivity contribution < 1.29 is 19.5 Å². The number of carbonyl (C=O) groups is 3. The summed E-state index contributed by atoms with van der Waals surface area (Å²) in [4.78, 5) is 34.1. The molecule has 2 amide bonds. The number of benzene rings is 1. The average Bonchev–Trinajstić information content (AvgIpc) is 2.98. The third kappa shape index (κ3) is 3.57. The molecule has 3 rings (SSSR count). The van der Waals surface area contributed by atoms with E-state index in [9.17, 15) is 14.4 Å². The van der Waals surface area contributed by atoms with Crippen molar-refractivity contribution in [3.8, 4) is 0 Å². The minimum Gasteiger partial charge on any atom is -0.480 e. The fourth-order valence-corrected chi connectivity index (χ4v) is 2.43. The van der Waals surface area contributed by atoms with Crippen LogP contribution in [0.2, 0.25) is 0 Å². The van der Waals surface area contributed by atoms with Gasteiger partial charge in [0, 0.05) is 17.7 Å². The molecule has 124 valence electrons. The van der Waals surface area contributed by atoms with E-state index in [1.807, 2.05) is 0 Å². The Morgan fingerprint density at radius 2 is 2.17 bits per heavy atom. The molecule has 24 heavy (non-hydrogen) atoms. The molecule has 0 unspecified atom stereocenters. The molecule has 0 bridgehead atoms. The van der Waals surface area contributed by atoms with Crippen LogP contribution >= 0.6 is 0 Å². The van der Waals surface area contributed by atoms with E-state index in [2.05, 4.69) is 20.9 Å².